The quantitative estimate of drug-likeness (QED) is 0.478. The maximum Gasteiger partial charge on any atom is 0.152 e. The Morgan fingerprint density at radius 3 is 2.73 bits per heavy atom. The van der Waals surface area contributed by atoms with Crippen molar-refractivity contribution in [3.05, 3.63) is 53.3 Å². The molecule has 1 aliphatic heterocycles. The molecular weight excluding hydrogens is 352 g/mol. The molecule has 0 aliphatic carbocycles. The summed E-state index contributed by atoms with van der Waals surface area (Å²) in [5.41, 5.74) is 1.70. The maximum absolute atomic E-state index is 6.19. The molecule has 0 atom stereocenters. The zero-order valence-electron chi connectivity index (χ0n) is 14.8. The molecule has 3 rings (SSSR count). The standard InChI is InChI=1S/C19H23ClN4O2/c1-25-16-6-4-15(5-7-16)19(23-17-3-2-8-21-18(17)20)22-9-10-24-11-13-26-14-12-24/h2-8H,9-14H2,1H3,(H,22,23). The molecule has 138 valence electrons. The first-order chi connectivity index (χ1) is 12.8. The third-order valence-corrected chi connectivity index (χ3v) is 4.47. The first kappa shape index (κ1) is 18.6. The van der Waals surface area contributed by atoms with Crippen LogP contribution in [0.25, 0.3) is 0 Å². The van der Waals surface area contributed by atoms with Gasteiger partial charge < -0.3 is 14.8 Å². The topological polar surface area (TPSA) is 59.0 Å². The first-order valence-electron chi connectivity index (χ1n) is 8.63. The van der Waals surface area contributed by atoms with Crippen LogP contribution in [0, 0.1) is 0 Å². The van der Waals surface area contributed by atoms with Gasteiger partial charge in [0.15, 0.2) is 5.15 Å². The van der Waals surface area contributed by atoms with E-state index in [0.29, 0.717) is 11.7 Å². The predicted octanol–water partition coefficient (Wildman–Crippen LogP) is 2.93. The Balaban J connectivity index is 1.75. The molecule has 2 aromatic rings. The van der Waals surface area contributed by atoms with Crippen LogP contribution in [-0.2, 0) is 4.74 Å². The molecule has 0 spiro atoms. The smallest absolute Gasteiger partial charge is 0.152 e. The molecule has 0 bridgehead atoms. The number of aromatic nitrogens is 1. The van der Waals surface area contributed by atoms with Crippen LogP contribution >= 0.6 is 11.6 Å². The number of hydrogen-bond acceptors (Lipinski definition) is 5. The number of benzene rings is 1. The van der Waals surface area contributed by atoms with Crippen LogP contribution in [0.3, 0.4) is 0 Å². The van der Waals surface area contributed by atoms with E-state index >= 15 is 0 Å². The van der Waals surface area contributed by atoms with Gasteiger partial charge in [-0.1, -0.05) is 11.6 Å². The average Bonchev–Trinajstić information content (AvgIpc) is 2.70. The summed E-state index contributed by atoms with van der Waals surface area (Å²) < 4.78 is 10.6. The zero-order chi connectivity index (χ0) is 18.2. The van der Waals surface area contributed by atoms with E-state index < -0.39 is 0 Å². The summed E-state index contributed by atoms with van der Waals surface area (Å²) in [6.07, 6.45) is 1.66. The van der Waals surface area contributed by atoms with Crippen LogP contribution in [0.2, 0.25) is 5.15 Å². The van der Waals surface area contributed by atoms with Crippen LogP contribution in [0.15, 0.2) is 47.6 Å². The van der Waals surface area contributed by atoms with Gasteiger partial charge in [0.25, 0.3) is 0 Å². The first-order valence-corrected chi connectivity index (χ1v) is 9.00. The summed E-state index contributed by atoms with van der Waals surface area (Å²) in [5, 5.41) is 3.73. The van der Waals surface area contributed by atoms with E-state index in [9.17, 15) is 0 Å². The van der Waals surface area contributed by atoms with Gasteiger partial charge in [-0.15, -0.1) is 0 Å². The molecule has 6 nitrogen and oxygen atoms in total. The fourth-order valence-electron chi connectivity index (χ4n) is 2.69. The Kier molecular flexibility index (Phi) is 6.82. The van der Waals surface area contributed by atoms with Gasteiger partial charge >= 0.3 is 0 Å². The van der Waals surface area contributed by atoms with Crippen LogP contribution in [0.1, 0.15) is 5.56 Å². The third-order valence-electron chi connectivity index (χ3n) is 4.17. The summed E-state index contributed by atoms with van der Waals surface area (Å²) in [6.45, 7) is 5.07. The number of ether oxygens (including phenoxy) is 2. The van der Waals surface area contributed by atoms with E-state index in [4.69, 9.17) is 26.1 Å². The molecule has 1 aromatic carbocycles. The highest BCUT2D eigenvalue weighted by Crippen LogP contribution is 2.20. The molecule has 0 radical (unpaired) electrons. The predicted molar refractivity (Wildman–Crippen MR) is 105 cm³/mol. The number of pyridine rings is 1. The molecule has 26 heavy (non-hydrogen) atoms. The lowest BCUT2D eigenvalue weighted by molar-refractivity contribution is 0.0394. The number of nitrogens with zero attached hydrogens (tertiary/aromatic N) is 3. The maximum atomic E-state index is 6.19. The van der Waals surface area contributed by atoms with E-state index in [1.54, 1.807) is 13.3 Å². The molecule has 1 N–H and O–H groups in total. The molecule has 1 aromatic heterocycles. The number of anilines is 1. The summed E-state index contributed by atoms with van der Waals surface area (Å²) in [6, 6.07) is 11.5. The number of aliphatic imine (C=N–C) groups is 1. The van der Waals surface area contributed by atoms with Gasteiger partial charge in [-0.05, 0) is 36.4 Å². The van der Waals surface area contributed by atoms with Gasteiger partial charge in [-0.2, -0.15) is 0 Å². The Labute approximate surface area is 158 Å². The number of amidine groups is 1. The molecule has 0 amide bonds. The van der Waals surface area contributed by atoms with Crippen molar-refractivity contribution in [1.82, 2.24) is 9.88 Å². The molecule has 7 heteroatoms. The van der Waals surface area contributed by atoms with Crippen molar-refractivity contribution in [3.63, 3.8) is 0 Å². The lowest BCUT2D eigenvalue weighted by Gasteiger charge is -2.25. The zero-order valence-corrected chi connectivity index (χ0v) is 15.6. The Bertz CT molecular complexity index is 731. The average molecular weight is 375 g/mol. The highest BCUT2D eigenvalue weighted by atomic mass is 35.5. The fourth-order valence-corrected chi connectivity index (χ4v) is 2.85. The largest absolute Gasteiger partial charge is 0.497 e. The Morgan fingerprint density at radius 2 is 2.04 bits per heavy atom. The van der Waals surface area contributed by atoms with Crippen molar-refractivity contribution in [2.75, 3.05) is 51.8 Å². The molecule has 1 fully saturated rings. The van der Waals surface area contributed by atoms with Gasteiger partial charge in [0.1, 0.15) is 11.6 Å². The second kappa shape index (κ2) is 9.52. The van der Waals surface area contributed by atoms with E-state index in [-0.39, 0.29) is 0 Å². The molecule has 0 unspecified atom stereocenters. The molecule has 1 saturated heterocycles. The van der Waals surface area contributed by atoms with Crippen LogP contribution in [0.4, 0.5) is 5.69 Å². The van der Waals surface area contributed by atoms with Crippen molar-refractivity contribution in [1.29, 1.82) is 0 Å². The fraction of sp³-hybridized carbons (Fsp3) is 0.368. The Hall–Kier alpha value is -2.15. The minimum Gasteiger partial charge on any atom is -0.497 e. The molecule has 2 heterocycles. The van der Waals surface area contributed by atoms with Crippen molar-refractivity contribution in [3.8, 4) is 5.75 Å². The van der Waals surface area contributed by atoms with Gasteiger partial charge in [-0.25, -0.2) is 4.98 Å². The molecule has 1 aliphatic rings. The minimum absolute atomic E-state index is 0.418. The number of halogens is 1. The van der Waals surface area contributed by atoms with E-state index in [1.165, 1.54) is 0 Å². The monoisotopic (exact) mass is 374 g/mol. The summed E-state index contributed by atoms with van der Waals surface area (Å²) >= 11 is 6.19. The van der Waals surface area contributed by atoms with Crippen LogP contribution in [-0.4, -0.2) is 62.2 Å². The minimum atomic E-state index is 0.418. The second-order valence-electron chi connectivity index (χ2n) is 5.88. The van der Waals surface area contributed by atoms with Crippen molar-refractivity contribution >= 4 is 23.1 Å². The van der Waals surface area contributed by atoms with Crippen LogP contribution < -0.4 is 10.1 Å². The highest BCUT2D eigenvalue weighted by molar-refractivity contribution is 6.32. The SMILES string of the molecule is COc1ccc(C(=NCCN2CCOCC2)Nc2cccnc2Cl)cc1. The lowest BCUT2D eigenvalue weighted by atomic mass is 10.2. The summed E-state index contributed by atoms with van der Waals surface area (Å²) in [4.78, 5) is 11.2. The normalized spacial score (nSPS) is 15.7. The van der Waals surface area contributed by atoms with Gasteiger partial charge in [0.2, 0.25) is 0 Å². The number of morpholine rings is 1. The van der Waals surface area contributed by atoms with Crippen LogP contribution in [0.5, 0.6) is 5.75 Å². The summed E-state index contributed by atoms with van der Waals surface area (Å²) in [5.74, 6) is 1.57. The number of nitrogens with one attached hydrogen (secondary N) is 1. The van der Waals surface area contributed by atoms with E-state index in [2.05, 4.69) is 15.2 Å². The van der Waals surface area contributed by atoms with Crippen molar-refractivity contribution in [2.45, 2.75) is 0 Å². The summed E-state index contributed by atoms with van der Waals surface area (Å²) in [7, 11) is 1.65. The van der Waals surface area contributed by atoms with Crippen molar-refractivity contribution < 1.29 is 9.47 Å². The lowest BCUT2D eigenvalue weighted by Crippen LogP contribution is -2.37. The second-order valence-corrected chi connectivity index (χ2v) is 6.24. The highest BCUT2D eigenvalue weighted by Gasteiger charge is 2.11. The van der Waals surface area contributed by atoms with Crippen molar-refractivity contribution in [2.24, 2.45) is 4.99 Å². The van der Waals surface area contributed by atoms with E-state index in [1.807, 2.05) is 36.4 Å². The van der Waals surface area contributed by atoms with Gasteiger partial charge in [0.05, 0.1) is 32.6 Å². The molecular formula is C19H23ClN4O2. The number of methoxy groups -OCH3 is 1. The number of rotatable bonds is 6. The molecule has 0 saturated carbocycles. The van der Waals surface area contributed by atoms with E-state index in [0.717, 1.165) is 55.7 Å². The van der Waals surface area contributed by atoms with Gasteiger partial charge in [-0.3, -0.25) is 9.89 Å². The third kappa shape index (κ3) is 5.17. The van der Waals surface area contributed by atoms with Gasteiger partial charge in [0, 0.05) is 31.4 Å². The number of hydrogen-bond donors (Lipinski definition) is 1. The Morgan fingerprint density at radius 1 is 1.27 bits per heavy atom.